The van der Waals surface area contributed by atoms with Crippen LogP contribution in [-0.4, -0.2) is 16.0 Å². The first-order valence-electron chi connectivity index (χ1n) is 8.31. The van der Waals surface area contributed by atoms with Gasteiger partial charge in [0.05, 0.1) is 11.1 Å². The quantitative estimate of drug-likeness (QED) is 0.651. The molecule has 27 heavy (non-hydrogen) atoms. The molecule has 1 aromatic carbocycles. The van der Waals surface area contributed by atoms with Crippen molar-refractivity contribution < 1.29 is 18.4 Å². The number of nitrogens with one attached hydrogen (secondary N) is 1. The molecule has 0 aliphatic rings. The Morgan fingerprint density at radius 1 is 1.30 bits per heavy atom. The van der Waals surface area contributed by atoms with E-state index in [-0.39, 0.29) is 29.3 Å². The molecule has 0 saturated heterocycles. The zero-order valence-electron chi connectivity index (χ0n) is 14.5. The molecule has 0 saturated carbocycles. The number of carbonyl (C=O) groups excluding carboxylic acids is 1. The molecule has 0 radical (unpaired) electrons. The standard InChI is InChI=1S/C19H17ClFN3O3/c1-2-16(12-5-7-22-8-6-12)23-19(25)17-10-14(27-24-17)11-26-18-4-3-13(21)9-15(18)20/h3-10,16H,2,11H2,1H3,(H,23,25). The summed E-state index contributed by atoms with van der Waals surface area (Å²) < 4.78 is 23.6. The van der Waals surface area contributed by atoms with E-state index in [0.29, 0.717) is 17.9 Å². The van der Waals surface area contributed by atoms with Gasteiger partial charge in [-0.25, -0.2) is 4.39 Å². The van der Waals surface area contributed by atoms with Crippen LogP contribution in [0.2, 0.25) is 5.02 Å². The van der Waals surface area contributed by atoms with Crippen molar-refractivity contribution in [1.82, 2.24) is 15.5 Å². The van der Waals surface area contributed by atoms with Crippen LogP contribution in [-0.2, 0) is 6.61 Å². The lowest BCUT2D eigenvalue weighted by molar-refractivity contribution is 0.0926. The van der Waals surface area contributed by atoms with Gasteiger partial charge in [-0.15, -0.1) is 0 Å². The summed E-state index contributed by atoms with van der Waals surface area (Å²) in [5.41, 5.74) is 1.10. The molecule has 2 aromatic heterocycles. The second-order valence-corrected chi connectivity index (χ2v) is 6.16. The summed E-state index contributed by atoms with van der Waals surface area (Å²) in [6, 6.07) is 8.85. The van der Waals surface area contributed by atoms with Gasteiger partial charge in [0.25, 0.3) is 5.91 Å². The highest BCUT2D eigenvalue weighted by molar-refractivity contribution is 6.32. The largest absolute Gasteiger partial charge is 0.484 e. The Kier molecular flexibility index (Phi) is 6.03. The van der Waals surface area contributed by atoms with Crippen molar-refractivity contribution in [3.63, 3.8) is 0 Å². The first kappa shape index (κ1) is 18.8. The van der Waals surface area contributed by atoms with Gasteiger partial charge in [0.2, 0.25) is 0 Å². The summed E-state index contributed by atoms with van der Waals surface area (Å²) in [7, 11) is 0. The molecule has 140 valence electrons. The second-order valence-electron chi connectivity index (χ2n) is 5.76. The van der Waals surface area contributed by atoms with E-state index >= 15 is 0 Å². The summed E-state index contributed by atoms with van der Waals surface area (Å²) in [4.78, 5) is 16.4. The van der Waals surface area contributed by atoms with E-state index in [0.717, 1.165) is 11.6 Å². The fraction of sp³-hybridized carbons (Fsp3) is 0.211. The van der Waals surface area contributed by atoms with E-state index in [4.69, 9.17) is 20.9 Å². The number of ether oxygens (including phenoxy) is 1. The second kappa shape index (κ2) is 8.64. The molecule has 2 heterocycles. The number of pyridine rings is 1. The van der Waals surface area contributed by atoms with Gasteiger partial charge in [0.15, 0.2) is 11.5 Å². The maximum absolute atomic E-state index is 13.0. The van der Waals surface area contributed by atoms with Gasteiger partial charge in [-0.05, 0) is 42.3 Å². The Bertz CT molecular complexity index is 918. The number of nitrogens with zero attached hydrogens (tertiary/aromatic N) is 2. The van der Waals surface area contributed by atoms with Crippen molar-refractivity contribution in [2.45, 2.75) is 26.0 Å². The Morgan fingerprint density at radius 2 is 2.07 bits per heavy atom. The van der Waals surface area contributed by atoms with E-state index in [1.165, 1.54) is 18.2 Å². The maximum Gasteiger partial charge on any atom is 0.273 e. The number of rotatable bonds is 7. The minimum atomic E-state index is -0.453. The number of hydrogen-bond acceptors (Lipinski definition) is 5. The van der Waals surface area contributed by atoms with Gasteiger partial charge in [-0.3, -0.25) is 9.78 Å². The zero-order chi connectivity index (χ0) is 19.2. The maximum atomic E-state index is 13.0. The van der Waals surface area contributed by atoms with Gasteiger partial charge in [0.1, 0.15) is 18.2 Å². The normalized spacial score (nSPS) is 11.8. The molecule has 8 heteroatoms. The van der Waals surface area contributed by atoms with Crippen LogP contribution in [0.15, 0.2) is 53.3 Å². The molecule has 0 spiro atoms. The van der Waals surface area contributed by atoms with Crippen LogP contribution in [0.25, 0.3) is 0 Å². The highest BCUT2D eigenvalue weighted by atomic mass is 35.5. The van der Waals surface area contributed by atoms with Gasteiger partial charge < -0.3 is 14.6 Å². The molecule has 1 amide bonds. The summed E-state index contributed by atoms with van der Waals surface area (Å²) in [6.45, 7) is 1.98. The van der Waals surface area contributed by atoms with Crippen LogP contribution < -0.4 is 10.1 Å². The molecule has 1 N–H and O–H groups in total. The highest BCUT2D eigenvalue weighted by Gasteiger charge is 2.18. The molecular formula is C19H17ClFN3O3. The van der Waals surface area contributed by atoms with E-state index in [1.54, 1.807) is 12.4 Å². The van der Waals surface area contributed by atoms with Gasteiger partial charge in [0, 0.05) is 18.5 Å². The predicted molar refractivity (Wildman–Crippen MR) is 97.0 cm³/mol. The SMILES string of the molecule is CCC(NC(=O)c1cc(COc2ccc(F)cc2Cl)on1)c1ccncc1. The molecule has 0 bridgehead atoms. The molecule has 0 aliphatic carbocycles. The molecule has 1 unspecified atom stereocenters. The first-order chi connectivity index (χ1) is 13.1. The Morgan fingerprint density at radius 3 is 2.78 bits per heavy atom. The zero-order valence-corrected chi connectivity index (χ0v) is 15.2. The Hall–Kier alpha value is -2.93. The van der Waals surface area contributed by atoms with Crippen molar-refractivity contribution >= 4 is 17.5 Å². The Labute approximate surface area is 160 Å². The third-order valence-corrected chi connectivity index (χ3v) is 4.17. The lowest BCUT2D eigenvalue weighted by Gasteiger charge is -2.16. The fourth-order valence-electron chi connectivity index (χ4n) is 2.48. The number of amides is 1. The smallest absolute Gasteiger partial charge is 0.273 e. The molecule has 3 rings (SSSR count). The van der Waals surface area contributed by atoms with E-state index < -0.39 is 5.82 Å². The van der Waals surface area contributed by atoms with Crippen molar-refractivity contribution in [2.24, 2.45) is 0 Å². The molecular weight excluding hydrogens is 373 g/mol. The molecule has 0 aliphatic heterocycles. The number of halogens is 2. The van der Waals surface area contributed by atoms with Crippen LogP contribution >= 0.6 is 11.6 Å². The number of carbonyl (C=O) groups is 1. The van der Waals surface area contributed by atoms with Crippen LogP contribution in [0.1, 0.15) is 41.2 Å². The molecule has 0 fully saturated rings. The van der Waals surface area contributed by atoms with Crippen LogP contribution in [0.5, 0.6) is 5.75 Å². The summed E-state index contributed by atoms with van der Waals surface area (Å²) in [6.07, 6.45) is 4.07. The van der Waals surface area contributed by atoms with E-state index in [1.807, 2.05) is 19.1 Å². The van der Waals surface area contributed by atoms with E-state index in [2.05, 4.69) is 15.5 Å². The van der Waals surface area contributed by atoms with Crippen molar-refractivity contribution in [3.8, 4) is 5.75 Å². The van der Waals surface area contributed by atoms with Crippen LogP contribution in [0.3, 0.4) is 0 Å². The van der Waals surface area contributed by atoms with E-state index in [9.17, 15) is 9.18 Å². The van der Waals surface area contributed by atoms with Crippen LogP contribution in [0.4, 0.5) is 4.39 Å². The number of hydrogen-bond donors (Lipinski definition) is 1. The summed E-state index contributed by atoms with van der Waals surface area (Å²) in [5.74, 6) is -0.152. The Balaban J connectivity index is 1.61. The van der Waals surface area contributed by atoms with Crippen LogP contribution in [0, 0.1) is 5.82 Å². The summed E-state index contributed by atoms with van der Waals surface area (Å²) in [5, 5.41) is 6.83. The third-order valence-electron chi connectivity index (χ3n) is 3.88. The average molecular weight is 390 g/mol. The minimum absolute atomic E-state index is 0.00714. The van der Waals surface area contributed by atoms with Gasteiger partial charge in [-0.1, -0.05) is 23.7 Å². The highest BCUT2D eigenvalue weighted by Crippen LogP contribution is 2.25. The van der Waals surface area contributed by atoms with Crippen molar-refractivity contribution in [3.05, 3.63) is 76.6 Å². The van der Waals surface area contributed by atoms with Gasteiger partial charge in [-0.2, -0.15) is 0 Å². The minimum Gasteiger partial charge on any atom is -0.484 e. The molecule has 6 nitrogen and oxygen atoms in total. The molecule has 1 atom stereocenters. The fourth-order valence-corrected chi connectivity index (χ4v) is 2.70. The topological polar surface area (TPSA) is 77.2 Å². The number of benzene rings is 1. The summed E-state index contributed by atoms with van der Waals surface area (Å²) >= 11 is 5.90. The monoisotopic (exact) mass is 389 g/mol. The third kappa shape index (κ3) is 4.83. The van der Waals surface area contributed by atoms with Gasteiger partial charge >= 0.3 is 0 Å². The van der Waals surface area contributed by atoms with Crippen molar-refractivity contribution in [1.29, 1.82) is 0 Å². The van der Waals surface area contributed by atoms with Crippen molar-refractivity contribution in [2.75, 3.05) is 0 Å². The lowest BCUT2D eigenvalue weighted by Crippen LogP contribution is -2.28. The lowest BCUT2D eigenvalue weighted by atomic mass is 10.1. The first-order valence-corrected chi connectivity index (χ1v) is 8.69. The number of aromatic nitrogens is 2. The molecule has 3 aromatic rings. The average Bonchev–Trinajstić information content (AvgIpc) is 3.15. The predicted octanol–water partition coefficient (Wildman–Crippen LogP) is 4.32.